The summed E-state index contributed by atoms with van der Waals surface area (Å²) >= 11 is 0. The lowest BCUT2D eigenvalue weighted by molar-refractivity contribution is 0.146. The van der Waals surface area contributed by atoms with Crippen molar-refractivity contribution in [1.82, 2.24) is 10.6 Å². The molecule has 1 aliphatic heterocycles. The molecule has 4 N–H and O–H groups in total. The molecule has 1 heterocycles. The molecule has 0 spiro atoms. The summed E-state index contributed by atoms with van der Waals surface area (Å²) in [5, 5.41) is 6.16. The van der Waals surface area contributed by atoms with Crippen LogP contribution in [-0.4, -0.2) is 51.8 Å². The number of benzene rings is 1. The third kappa shape index (κ3) is 5.79. The second-order valence-electron chi connectivity index (χ2n) is 5.97. The van der Waals surface area contributed by atoms with Crippen molar-refractivity contribution in [1.29, 1.82) is 0 Å². The molecule has 0 aromatic heterocycles. The molecule has 0 bridgehead atoms. The second kappa shape index (κ2) is 9.64. The average molecular weight is 342 g/mol. The van der Waals surface area contributed by atoms with Crippen molar-refractivity contribution >= 4 is 11.4 Å². The molecule has 1 aliphatic rings. The third-order valence-corrected chi connectivity index (χ3v) is 4.19. The first-order chi connectivity index (χ1) is 11.6. The molecular formula is C17H28F2N4O. The van der Waals surface area contributed by atoms with Crippen molar-refractivity contribution in [2.45, 2.75) is 32.2 Å². The predicted molar refractivity (Wildman–Crippen MR) is 94.1 cm³/mol. The van der Waals surface area contributed by atoms with Gasteiger partial charge in [-0.2, -0.15) is 0 Å². The van der Waals surface area contributed by atoms with Gasteiger partial charge < -0.3 is 26.0 Å². The Labute approximate surface area is 142 Å². The topological polar surface area (TPSA) is 62.5 Å². The normalized spacial score (nSPS) is 15.9. The quantitative estimate of drug-likeness (QED) is 0.474. The van der Waals surface area contributed by atoms with Crippen LogP contribution < -0.4 is 26.0 Å². The maximum Gasteiger partial charge on any atom is 0.250 e. The fraction of sp³-hybridized carbons (Fsp3) is 0.647. The fourth-order valence-electron chi connectivity index (χ4n) is 2.92. The first-order valence-corrected chi connectivity index (χ1v) is 8.59. The molecule has 2 rings (SSSR count). The van der Waals surface area contributed by atoms with Crippen LogP contribution >= 0.6 is 0 Å². The third-order valence-electron chi connectivity index (χ3n) is 4.19. The van der Waals surface area contributed by atoms with Crippen molar-refractivity contribution in [3.63, 3.8) is 0 Å². The average Bonchev–Trinajstić information content (AvgIpc) is 2.57. The van der Waals surface area contributed by atoms with E-state index in [1.807, 2.05) is 25.1 Å². The van der Waals surface area contributed by atoms with E-state index in [0.717, 1.165) is 37.4 Å². The van der Waals surface area contributed by atoms with Crippen LogP contribution in [0.4, 0.5) is 20.2 Å². The molecule has 0 unspecified atom stereocenters. The van der Waals surface area contributed by atoms with Gasteiger partial charge in [-0.05, 0) is 31.9 Å². The van der Waals surface area contributed by atoms with Crippen molar-refractivity contribution in [3.8, 4) is 5.75 Å². The van der Waals surface area contributed by atoms with E-state index >= 15 is 0 Å². The van der Waals surface area contributed by atoms with Gasteiger partial charge in [-0.1, -0.05) is 0 Å². The van der Waals surface area contributed by atoms with Gasteiger partial charge in [0, 0.05) is 44.0 Å². The van der Waals surface area contributed by atoms with Crippen molar-refractivity contribution in [2.75, 3.05) is 50.0 Å². The van der Waals surface area contributed by atoms with Crippen molar-refractivity contribution in [3.05, 3.63) is 18.2 Å². The monoisotopic (exact) mass is 342 g/mol. The van der Waals surface area contributed by atoms with E-state index in [-0.39, 0.29) is 6.54 Å². The van der Waals surface area contributed by atoms with Gasteiger partial charge >= 0.3 is 0 Å². The van der Waals surface area contributed by atoms with Crippen molar-refractivity contribution in [2.24, 2.45) is 0 Å². The largest absolute Gasteiger partial charge is 0.492 e. The molecule has 5 nitrogen and oxygen atoms in total. The first-order valence-electron chi connectivity index (χ1n) is 8.59. The van der Waals surface area contributed by atoms with E-state index in [0.29, 0.717) is 31.4 Å². The Bertz CT molecular complexity index is 493. The number of alkyl halides is 2. The predicted octanol–water partition coefficient (Wildman–Crippen LogP) is 2.08. The fourth-order valence-corrected chi connectivity index (χ4v) is 2.92. The summed E-state index contributed by atoms with van der Waals surface area (Å²) in [6.45, 7) is 5.50. The highest BCUT2D eigenvalue weighted by Crippen LogP contribution is 2.29. The van der Waals surface area contributed by atoms with Crippen LogP contribution in [0.25, 0.3) is 0 Å². The Morgan fingerprint density at radius 1 is 1.29 bits per heavy atom. The Morgan fingerprint density at radius 2 is 2.04 bits per heavy atom. The number of rotatable bonds is 9. The summed E-state index contributed by atoms with van der Waals surface area (Å²) < 4.78 is 29.6. The molecule has 136 valence electrons. The Balaban J connectivity index is 1.73. The van der Waals surface area contributed by atoms with Crippen LogP contribution in [0, 0.1) is 0 Å². The number of ether oxygens (including phenoxy) is 1. The van der Waals surface area contributed by atoms with Crippen LogP contribution in [0.15, 0.2) is 18.2 Å². The number of hydrogen-bond donors (Lipinski definition) is 3. The Hall–Kier alpha value is -1.60. The number of anilines is 2. The lowest BCUT2D eigenvalue weighted by Crippen LogP contribution is -2.44. The van der Waals surface area contributed by atoms with Crippen LogP contribution in [0.5, 0.6) is 5.75 Å². The molecule has 0 amide bonds. The Morgan fingerprint density at radius 3 is 2.71 bits per heavy atom. The molecular weight excluding hydrogens is 314 g/mol. The SMILES string of the molecule is CCOc1cc(N2CCC(NCCNCC(F)F)CC2)ccc1N. The van der Waals surface area contributed by atoms with Crippen LogP contribution in [0.3, 0.4) is 0 Å². The lowest BCUT2D eigenvalue weighted by Gasteiger charge is -2.34. The highest BCUT2D eigenvalue weighted by molar-refractivity contribution is 5.62. The highest BCUT2D eigenvalue weighted by atomic mass is 19.3. The van der Waals surface area contributed by atoms with Crippen molar-refractivity contribution < 1.29 is 13.5 Å². The number of nitrogens with zero attached hydrogens (tertiary/aromatic N) is 1. The molecule has 0 radical (unpaired) electrons. The van der Waals surface area contributed by atoms with Gasteiger partial charge in [0.25, 0.3) is 6.43 Å². The number of nitrogens with two attached hydrogens (primary N) is 1. The smallest absolute Gasteiger partial charge is 0.250 e. The van der Waals surface area contributed by atoms with E-state index in [2.05, 4.69) is 15.5 Å². The molecule has 1 saturated heterocycles. The number of nitrogen functional groups attached to an aromatic ring is 1. The standard InChI is InChI=1S/C17H28F2N4O/c1-2-24-16-11-14(3-4-15(16)20)23-9-5-13(6-10-23)22-8-7-21-12-17(18)19/h3-4,11,13,17,21-22H,2,5-10,12,20H2,1H3. The molecule has 24 heavy (non-hydrogen) atoms. The zero-order valence-electron chi connectivity index (χ0n) is 14.2. The zero-order valence-corrected chi connectivity index (χ0v) is 14.2. The minimum Gasteiger partial charge on any atom is -0.492 e. The molecule has 1 aromatic rings. The van der Waals surface area contributed by atoms with Gasteiger partial charge in [-0.3, -0.25) is 0 Å². The first kappa shape index (κ1) is 18.7. The van der Waals surface area contributed by atoms with E-state index in [4.69, 9.17) is 10.5 Å². The van der Waals surface area contributed by atoms with E-state index in [1.165, 1.54) is 0 Å². The molecule has 0 aliphatic carbocycles. The van der Waals surface area contributed by atoms with E-state index in [1.54, 1.807) is 0 Å². The molecule has 0 atom stereocenters. The molecule has 1 fully saturated rings. The summed E-state index contributed by atoms with van der Waals surface area (Å²) in [5.41, 5.74) is 7.71. The van der Waals surface area contributed by atoms with Gasteiger partial charge in [0.05, 0.1) is 18.8 Å². The van der Waals surface area contributed by atoms with E-state index < -0.39 is 6.43 Å². The number of halogens is 2. The second-order valence-corrected chi connectivity index (χ2v) is 5.97. The van der Waals surface area contributed by atoms with Gasteiger partial charge in [0.1, 0.15) is 5.75 Å². The van der Waals surface area contributed by atoms with Gasteiger partial charge in [0.2, 0.25) is 0 Å². The molecule has 0 saturated carbocycles. The molecule has 7 heteroatoms. The minimum atomic E-state index is -2.28. The minimum absolute atomic E-state index is 0.237. The van der Waals surface area contributed by atoms with Gasteiger partial charge in [-0.25, -0.2) is 8.78 Å². The number of piperidine rings is 1. The van der Waals surface area contributed by atoms with Crippen LogP contribution in [0.1, 0.15) is 19.8 Å². The maximum atomic E-state index is 12.0. The van der Waals surface area contributed by atoms with Gasteiger partial charge in [-0.15, -0.1) is 0 Å². The lowest BCUT2D eigenvalue weighted by atomic mass is 10.0. The summed E-state index contributed by atoms with van der Waals surface area (Å²) in [4.78, 5) is 2.33. The summed E-state index contributed by atoms with van der Waals surface area (Å²) in [5.74, 6) is 0.736. The summed E-state index contributed by atoms with van der Waals surface area (Å²) in [6, 6.07) is 6.36. The zero-order chi connectivity index (χ0) is 17.4. The summed E-state index contributed by atoms with van der Waals surface area (Å²) in [6.07, 6.45) is -0.221. The Kier molecular flexibility index (Phi) is 7.52. The van der Waals surface area contributed by atoms with Crippen LogP contribution in [-0.2, 0) is 0 Å². The van der Waals surface area contributed by atoms with Gasteiger partial charge in [0.15, 0.2) is 0 Å². The highest BCUT2D eigenvalue weighted by Gasteiger charge is 2.19. The summed E-state index contributed by atoms with van der Waals surface area (Å²) in [7, 11) is 0. The number of nitrogens with one attached hydrogen (secondary N) is 2. The van der Waals surface area contributed by atoms with Crippen LogP contribution in [0.2, 0.25) is 0 Å². The molecule has 1 aromatic carbocycles. The maximum absolute atomic E-state index is 12.0. The van der Waals surface area contributed by atoms with E-state index in [9.17, 15) is 8.78 Å². The number of hydrogen-bond acceptors (Lipinski definition) is 5.